The third-order valence-electron chi connectivity index (χ3n) is 7.42. The Morgan fingerprint density at radius 1 is 1.00 bits per heavy atom. The van der Waals surface area contributed by atoms with Crippen LogP contribution in [0.25, 0.3) is 0 Å². The van der Waals surface area contributed by atoms with E-state index in [-0.39, 0.29) is 5.91 Å². The zero-order chi connectivity index (χ0) is 21.1. The lowest BCUT2D eigenvalue weighted by molar-refractivity contribution is 0.0500. The summed E-state index contributed by atoms with van der Waals surface area (Å²) in [6.45, 7) is 14.4. The van der Waals surface area contributed by atoms with E-state index in [2.05, 4.69) is 52.6 Å². The smallest absolute Gasteiger partial charge is 0.253 e. The summed E-state index contributed by atoms with van der Waals surface area (Å²) in [6, 6.07) is 6.83. The molecule has 0 radical (unpaired) electrons. The monoisotopic (exact) mass is 414 g/mol. The quantitative estimate of drug-likeness (QED) is 0.756. The second-order valence-corrected chi connectivity index (χ2v) is 9.31. The first-order valence-corrected chi connectivity index (χ1v) is 11.7. The summed E-state index contributed by atoms with van der Waals surface area (Å²) in [7, 11) is 2.21. The van der Waals surface area contributed by atoms with Gasteiger partial charge >= 0.3 is 0 Å². The maximum atomic E-state index is 13.1. The van der Waals surface area contributed by atoms with E-state index in [9.17, 15) is 4.79 Å². The molecule has 4 rings (SSSR count). The Labute approximate surface area is 181 Å². The highest BCUT2D eigenvalue weighted by Gasteiger charge is 2.31. The van der Waals surface area contributed by atoms with Crippen molar-refractivity contribution >= 4 is 11.6 Å². The number of anilines is 1. The molecule has 6 nitrogen and oxygen atoms in total. The lowest BCUT2D eigenvalue weighted by Crippen LogP contribution is -2.52. The first-order valence-electron chi connectivity index (χ1n) is 11.7. The predicted molar refractivity (Wildman–Crippen MR) is 121 cm³/mol. The fourth-order valence-electron chi connectivity index (χ4n) is 5.24. The van der Waals surface area contributed by atoms with Gasteiger partial charge in [0.1, 0.15) is 0 Å². The van der Waals surface area contributed by atoms with Crippen LogP contribution in [0.5, 0.6) is 0 Å². The SMILES string of the molecule is Cc1cc(C(=O)N2CCC(C(C)N3CCN(C)CC3)CC2)ccc1N1CCOCC1. The van der Waals surface area contributed by atoms with Crippen LogP contribution in [0.1, 0.15) is 35.7 Å². The van der Waals surface area contributed by atoms with E-state index in [0.717, 1.165) is 57.8 Å². The molecule has 3 aliphatic heterocycles. The van der Waals surface area contributed by atoms with Gasteiger partial charge in [-0.05, 0) is 63.4 Å². The number of piperazine rings is 1. The molecule has 0 saturated carbocycles. The predicted octanol–water partition coefficient (Wildman–Crippen LogP) is 2.32. The number of nitrogens with zero attached hydrogens (tertiary/aromatic N) is 4. The number of piperidine rings is 1. The van der Waals surface area contributed by atoms with Crippen LogP contribution >= 0.6 is 0 Å². The molecular weight excluding hydrogens is 376 g/mol. The number of amides is 1. The fraction of sp³-hybridized carbons (Fsp3) is 0.708. The minimum Gasteiger partial charge on any atom is -0.378 e. The molecular formula is C24H38N4O2. The summed E-state index contributed by atoms with van der Waals surface area (Å²) in [5.74, 6) is 0.889. The summed E-state index contributed by atoms with van der Waals surface area (Å²) in [4.78, 5) is 22.6. The summed E-state index contributed by atoms with van der Waals surface area (Å²) in [5.41, 5.74) is 3.24. The number of carbonyl (C=O) groups is 1. The van der Waals surface area contributed by atoms with Crippen LogP contribution in [0.15, 0.2) is 18.2 Å². The minimum atomic E-state index is 0.192. The van der Waals surface area contributed by atoms with E-state index < -0.39 is 0 Å². The molecule has 6 heteroatoms. The molecule has 3 saturated heterocycles. The molecule has 0 aliphatic carbocycles. The first kappa shape index (κ1) is 21.6. The average molecular weight is 415 g/mol. The molecule has 0 aromatic heterocycles. The number of likely N-dealkylation sites (tertiary alicyclic amines) is 1. The largest absolute Gasteiger partial charge is 0.378 e. The molecule has 0 spiro atoms. The average Bonchev–Trinajstić information content (AvgIpc) is 2.79. The summed E-state index contributed by atoms with van der Waals surface area (Å²) in [6.07, 6.45) is 2.23. The Kier molecular flexibility index (Phi) is 6.96. The number of hydrogen-bond acceptors (Lipinski definition) is 5. The van der Waals surface area contributed by atoms with Crippen molar-refractivity contribution in [3.8, 4) is 0 Å². The number of morpholine rings is 1. The summed E-state index contributed by atoms with van der Waals surface area (Å²) >= 11 is 0. The van der Waals surface area contributed by atoms with Crippen LogP contribution in [0.2, 0.25) is 0 Å². The van der Waals surface area contributed by atoms with Crippen LogP contribution in [0.3, 0.4) is 0 Å². The van der Waals surface area contributed by atoms with E-state index in [4.69, 9.17) is 4.74 Å². The Hall–Kier alpha value is -1.63. The number of likely N-dealkylation sites (N-methyl/N-ethyl adjacent to an activating group) is 1. The first-order chi connectivity index (χ1) is 14.5. The Morgan fingerprint density at radius 2 is 1.67 bits per heavy atom. The highest BCUT2D eigenvalue weighted by Crippen LogP contribution is 2.27. The maximum absolute atomic E-state index is 13.1. The highest BCUT2D eigenvalue weighted by molar-refractivity contribution is 5.95. The lowest BCUT2D eigenvalue weighted by Gasteiger charge is -2.42. The van der Waals surface area contributed by atoms with Crippen LogP contribution in [0, 0.1) is 12.8 Å². The number of carbonyl (C=O) groups excluding carboxylic acids is 1. The molecule has 0 bridgehead atoms. The normalized spacial score (nSPS) is 23.6. The van der Waals surface area contributed by atoms with E-state index in [0.29, 0.717) is 12.0 Å². The minimum absolute atomic E-state index is 0.192. The van der Waals surface area contributed by atoms with Crippen molar-refractivity contribution in [1.29, 1.82) is 0 Å². The number of hydrogen-bond donors (Lipinski definition) is 0. The van der Waals surface area contributed by atoms with E-state index in [1.165, 1.54) is 37.4 Å². The van der Waals surface area contributed by atoms with Crippen molar-refractivity contribution in [1.82, 2.24) is 14.7 Å². The van der Waals surface area contributed by atoms with Crippen LogP contribution in [0.4, 0.5) is 5.69 Å². The van der Waals surface area contributed by atoms with Gasteiger partial charge in [-0.2, -0.15) is 0 Å². The molecule has 1 aromatic rings. The molecule has 166 valence electrons. The van der Waals surface area contributed by atoms with Gasteiger partial charge in [0.05, 0.1) is 13.2 Å². The van der Waals surface area contributed by atoms with Gasteiger partial charge in [-0.3, -0.25) is 9.69 Å². The lowest BCUT2D eigenvalue weighted by atomic mass is 9.88. The molecule has 3 fully saturated rings. The Bertz CT molecular complexity index is 718. The van der Waals surface area contributed by atoms with Crippen LogP contribution < -0.4 is 4.90 Å². The standard InChI is InChI=1S/C24H38N4O2/c1-19-18-22(4-5-23(19)27-14-16-30-17-15-27)24(29)28-8-6-21(7-9-28)20(2)26-12-10-25(3)11-13-26/h4-5,18,20-21H,6-17H2,1-3H3. The highest BCUT2D eigenvalue weighted by atomic mass is 16.5. The maximum Gasteiger partial charge on any atom is 0.253 e. The molecule has 1 amide bonds. The topological polar surface area (TPSA) is 39.3 Å². The number of benzene rings is 1. The second kappa shape index (κ2) is 9.67. The van der Waals surface area contributed by atoms with Crippen molar-refractivity contribution in [2.24, 2.45) is 5.92 Å². The molecule has 3 heterocycles. The van der Waals surface area contributed by atoms with Gasteiger partial charge in [-0.1, -0.05) is 0 Å². The zero-order valence-corrected chi connectivity index (χ0v) is 19.0. The number of aryl methyl sites for hydroxylation is 1. The van der Waals surface area contributed by atoms with Gasteiger partial charge in [0, 0.05) is 69.7 Å². The molecule has 0 N–H and O–H groups in total. The van der Waals surface area contributed by atoms with E-state index >= 15 is 0 Å². The number of rotatable bonds is 4. The van der Waals surface area contributed by atoms with Crippen molar-refractivity contribution < 1.29 is 9.53 Å². The van der Waals surface area contributed by atoms with Crippen LogP contribution in [-0.2, 0) is 4.74 Å². The number of ether oxygens (including phenoxy) is 1. The molecule has 1 aromatic carbocycles. The van der Waals surface area contributed by atoms with Crippen molar-refractivity contribution in [3.63, 3.8) is 0 Å². The molecule has 1 atom stereocenters. The van der Waals surface area contributed by atoms with Crippen molar-refractivity contribution in [2.75, 3.05) is 77.5 Å². The third-order valence-corrected chi connectivity index (χ3v) is 7.42. The molecule has 30 heavy (non-hydrogen) atoms. The third kappa shape index (κ3) is 4.82. The molecule has 3 aliphatic rings. The van der Waals surface area contributed by atoms with E-state index in [1.54, 1.807) is 0 Å². The van der Waals surface area contributed by atoms with Crippen molar-refractivity contribution in [2.45, 2.75) is 32.7 Å². The fourth-order valence-corrected chi connectivity index (χ4v) is 5.24. The van der Waals surface area contributed by atoms with Gasteiger partial charge in [-0.15, -0.1) is 0 Å². The Morgan fingerprint density at radius 3 is 2.30 bits per heavy atom. The van der Waals surface area contributed by atoms with Gasteiger partial charge in [0.25, 0.3) is 5.91 Å². The second-order valence-electron chi connectivity index (χ2n) is 9.31. The Balaban J connectivity index is 1.32. The van der Waals surface area contributed by atoms with Gasteiger partial charge < -0.3 is 19.4 Å². The summed E-state index contributed by atoms with van der Waals surface area (Å²) < 4.78 is 5.46. The molecule has 1 unspecified atom stereocenters. The van der Waals surface area contributed by atoms with Gasteiger partial charge in [0.2, 0.25) is 0 Å². The van der Waals surface area contributed by atoms with E-state index in [1.807, 2.05) is 6.07 Å². The van der Waals surface area contributed by atoms with Gasteiger partial charge in [-0.25, -0.2) is 0 Å². The zero-order valence-electron chi connectivity index (χ0n) is 19.0. The van der Waals surface area contributed by atoms with Gasteiger partial charge in [0.15, 0.2) is 0 Å². The van der Waals surface area contributed by atoms with Crippen molar-refractivity contribution in [3.05, 3.63) is 29.3 Å². The summed E-state index contributed by atoms with van der Waals surface area (Å²) in [5, 5.41) is 0. The van der Waals surface area contributed by atoms with Crippen LogP contribution in [-0.4, -0.2) is 99.3 Å².